The van der Waals surface area contributed by atoms with Crippen LogP contribution in [0.25, 0.3) is 44.5 Å². The molecule has 0 saturated heterocycles. The number of aryl methyl sites for hydroxylation is 2. The first-order valence-corrected chi connectivity index (χ1v) is 11.3. The Morgan fingerprint density at radius 2 is 0.758 bits per heavy atom. The molecule has 0 aliphatic rings. The monoisotopic (exact) mass is 426 g/mol. The molecule has 0 heterocycles. The maximum atomic E-state index is 11.8. The molecule has 33 heavy (non-hydrogen) atoms. The first-order chi connectivity index (χ1) is 16.1. The first kappa shape index (κ1) is 20.8. The highest BCUT2D eigenvalue weighted by molar-refractivity contribution is 5.95. The van der Waals surface area contributed by atoms with Crippen LogP contribution in [0.4, 0.5) is 0 Å². The summed E-state index contributed by atoms with van der Waals surface area (Å²) in [7, 11) is 0. The van der Waals surface area contributed by atoms with Crippen molar-refractivity contribution in [3.8, 4) is 50.3 Å². The third-order valence-electron chi connectivity index (χ3n) is 6.26. The zero-order valence-electron chi connectivity index (χ0n) is 18.9. The Bertz CT molecular complexity index is 1310. The van der Waals surface area contributed by atoms with Crippen LogP contribution in [0.1, 0.15) is 11.1 Å². The number of hydrogen-bond donors (Lipinski definition) is 1. The standard InChI is InChI=1S/C32H26O/c1-22-21-23(2)31(29-20-12-10-18-27(29)25-15-7-4-8-16-25)32(33)30(22)28-19-11-9-17-26(28)24-13-5-3-6-14-24/h3-21,33H,1-2H3. The molecule has 0 amide bonds. The molecule has 0 aliphatic heterocycles. The van der Waals surface area contributed by atoms with E-state index >= 15 is 0 Å². The molecule has 0 saturated carbocycles. The van der Waals surface area contributed by atoms with E-state index in [-0.39, 0.29) is 0 Å². The van der Waals surface area contributed by atoms with Crippen LogP contribution in [-0.4, -0.2) is 5.11 Å². The summed E-state index contributed by atoms with van der Waals surface area (Å²) < 4.78 is 0. The molecule has 0 unspecified atom stereocenters. The van der Waals surface area contributed by atoms with E-state index in [1.807, 2.05) is 24.3 Å². The summed E-state index contributed by atoms with van der Waals surface area (Å²) in [6.07, 6.45) is 0. The van der Waals surface area contributed by atoms with Gasteiger partial charge in [0, 0.05) is 11.1 Å². The molecule has 0 fully saturated rings. The van der Waals surface area contributed by atoms with Crippen LogP contribution in [-0.2, 0) is 0 Å². The smallest absolute Gasteiger partial charge is 0.131 e. The van der Waals surface area contributed by atoms with Crippen molar-refractivity contribution in [2.45, 2.75) is 13.8 Å². The Morgan fingerprint density at radius 1 is 0.424 bits per heavy atom. The van der Waals surface area contributed by atoms with Crippen LogP contribution < -0.4 is 0 Å². The Hall–Kier alpha value is -4.10. The van der Waals surface area contributed by atoms with Crippen molar-refractivity contribution in [1.29, 1.82) is 0 Å². The third-order valence-corrected chi connectivity index (χ3v) is 6.26. The molecule has 0 bridgehead atoms. The number of phenols is 1. The van der Waals surface area contributed by atoms with Gasteiger partial charge in [-0.15, -0.1) is 0 Å². The van der Waals surface area contributed by atoms with E-state index in [4.69, 9.17) is 0 Å². The SMILES string of the molecule is Cc1cc(C)c(-c2ccccc2-c2ccccc2)c(O)c1-c1ccccc1-c1ccccc1. The van der Waals surface area contributed by atoms with Crippen LogP contribution in [0.5, 0.6) is 5.75 Å². The number of phenolic OH excluding ortho intramolecular Hbond substituents is 1. The Morgan fingerprint density at radius 3 is 1.15 bits per heavy atom. The summed E-state index contributed by atoms with van der Waals surface area (Å²) in [5, 5.41) is 11.8. The number of aromatic hydroxyl groups is 1. The van der Waals surface area contributed by atoms with Crippen LogP contribution >= 0.6 is 0 Å². The lowest BCUT2D eigenvalue weighted by atomic mass is 9.85. The molecule has 0 aromatic heterocycles. The predicted octanol–water partition coefficient (Wildman–Crippen LogP) is 8.68. The molecular formula is C32H26O. The van der Waals surface area contributed by atoms with E-state index < -0.39 is 0 Å². The van der Waals surface area contributed by atoms with Gasteiger partial charge in [-0.2, -0.15) is 0 Å². The van der Waals surface area contributed by atoms with Crippen molar-refractivity contribution in [3.63, 3.8) is 0 Å². The lowest BCUT2D eigenvalue weighted by Crippen LogP contribution is -1.95. The molecule has 5 aromatic carbocycles. The number of rotatable bonds is 4. The summed E-state index contributed by atoms with van der Waals surface area (Å²) in [6.45, 7) is 4.16. The maximum absolute atomic E-state index is 11.8. The molecular weight excluding hydrogens is 400 g/mol. The fourth-order valence-corrected chi connectivity index (χ4v) is 4.79. The minimum atomic E-state index is 0.333. The molecule has 0 spiro atoms. The minimum absolute atomic E-state index is 0.333. The normalized spacial score (nSPS) is 10.8. The fourth-order valence-electron chi connectivity index (χ4n) is 4.79. The lowest BCUT2D eigenvalue weighted by molar-refractivity contribution is 0.478. The van der Waals surface area contributed by atoms with Gasteiger partial charge in [-0.25, -0.2) is 0 Å². The summed E-state index contributed by atoms with van der Waals surface area (Å²) >= 11 is 0. The Labute approximate surface area is 195 Å². The highest BCUT2D eigenvalue weighted by atomic mass is 16.3. The average Bonchev–Trinajstić information content (AvgIpc) is 2.85. The Balaban J connectivity index is 1.77. The maximum Gasteiger partial charge on any atom is 0.131 e. The van der Waals surface area contributed by atoms with Crippen LogP contribution in [0.15, 0.2) is 115 Å². The van der Waals surface area contributed by atoms with Crippen molar-refractivity contribution in [2.24, 2.45) is 0 Å². The van der Waals surface area contributed by atoms with Gasteiger partial charge in [0.15, 0.2) is 0 Å². The van der Waals surface area contributed by atoms with Crippen LogP contribution in [0, 0.1) is 13.8 Å². The van der Waals surface area contributed by atoms with Gasteiger partial charge in [0.25, 0.3) is 0 Å². The van der Waals surface area contributed by atoms with E-state index in [9.17, 15) is 5.11 Å². The second-order valence-electron chi connectivity index (χ2n) is 8.43. The van der Waals surface area contributed by atoms with Crippen LogP contribution in [0.2, 0.25) is 0 Å². The lowest BCUT2D eigenvalue weighted by Gasteiger charge is -2.20. The summed E-state index contributed by atoms with van der Waals surface area (Å²) in [6, 6.07) is 39.6. The zero-order valence-corrected chi connectivity index (χ0v) is 18.9. The number of benzene rings is 5. The topological polar surface area (TPSA) is 20.2 Å². The van der Waals surface area contributed by atoms with Gasteiger partial charge in [0.05, 0.1) is 0 Å². The van der Waals surface area contributed by atoms with E-state index in [0.29, 0.717) is 5.75 Å². The predicted molar refractivity (Wildman–Crippen MR) is 139 cm³/mol. The highest BCUT2D eigenvalue weighted by Gasteiger charge is 2.21. The second-order valence-corrected chi connectivity index (χ2v) is 8.43. The summed E-state index contributed by atoms with van der Waals surface area (Å²) in [4.78, 5) is 0. The molecule has 5 rings (SSSR count). The van der Waals surface area contributed by atoms with Gasteiger partial charge >= 0.3 is 0 Å². The second kappa shape index (κ2) is 8.80. The highest BCUT2D eigenvalue weighted by Crippen LogP contribution is 2.47. The first-order valence-electron chi connectivity index (χ1n) is 11.3. The Kier molecular flexibility index (Phi) is 5.54. The van der Waals surface area contributed by atoms with Crippen molar-refractivity contribution in [2.75, 3.05) is 0 Å². The molecule has 1 N–H and O–H groups in total. The largest absolute Gasteiger partial charge is 0.507 e. The number of hydrogen-bond acceptors (Lipinski definition) is 1. The van der Waals surface area contributed by atoms with Crippen molar-refractivity contribution < 1.29 is 5.11 Å². The van der Waals surface area contributed by atoms with Gasteiger partial charge in [-0.05, 0) is 58.4 Å². The van der Waals surface area contributed by atoms with Crippen molar-refractivity contribution in [1.82, 2.24) is 0 Å². The van der Waals surface area contributed by atoms with E-state index in [0.717, 1.165) is 55.6 Å². The van der Waals surface area contributed by atoms with E-state index in [2.05, 4.69) is 105 Å². The molecule has 5 aromatic rings. The quantitative estimate of drug-likeness (QED) is 0.305. The molecule has 1 heteroatoms. The van der Waals surface area contributed by atoms with Gasteiger partial charge in [0.2, 0.25) is 0 Å². The molecule has 1 nitrogen and oxygen atoms in total. The van der Waals surface area contributed by atoms with Gasteiger partial charge in [-0.3, -0.25) is 0 Å². The van der Waals surface area contributed by atoms with E-state index in [1.54, 1.807) is 0 Å². The van der Waals surface area contributed by atoms with Gasteiger partial charge in [-0.1, -0.05) is 115 Å². The average molecular weight is 427 g/mol. The van der Waals surface area contributed by atoms with Gasteiger partial charge < -0.3 is 5.11 Å². The molecule has 0 atom stereocenters. The van der Waals surface area contributed by atoms with Crippen molar-refractivity contribution >= 4 is 0 Å². The molecule has 160 valence electrons. The zero-order chi connectivity index (χ0) is 22.8. The summed E-state index contributed by atoms with van der Waals surface area (Å²) in [5.74, 6) is 0.333. The van der Waals surface area contributed by atoms with Crippen LogP contribution in [0.3, 0.4) is 0 Å². The fraction of sp³-hybridized carbons (Fsp3) is 0.0625. The molecule has 0 aliphatic carbocycles. The molecule has 0 radical (unpaired) electrons. The van der Waals surface area contributed by atoms with Gasteiger partial charge in [0.1, 0.15) is 5.75 Å². The van der Waals surface area contributed by atoms with E-state index in [1.165, 1.54) is 0 Å². The summed E-state index contributed by atoms with van der Waals surface area (Å²) in [5.41, 5.74) is 10.5. The van der Waals surface area contributed by atoms with Crippen molar-refractivity contribution in [3.05, 3.63) is 126 Å². The minimum Gasteiger partial charge on any atom is -0.507 e. The third kappa shape index (κ3) is 3.83.